The molecule has 0 aliphatic heterocycles. The summed E-state index contributed by atoms with van der Waals surface area (Å²) in [5.41, 5.74) is 16.0. The maximum Gasteiger partial charge on any atom is -0.0632 e. The first-order valence-electron chi connectivity index (χ1n) is 15.9. The van der Waals surface area contributed by atoms with Crippen molar-refractivity contribution in [1.29, 1.82) is 0 Å². The van der Waals surface area contributed by atoms with Crippen molar-refractivity contribution in [3.8, 4) is 11.1 Å². The molecule has 0 bridgehead atoms. The summed E-state index contributed by atoms with van der Waals surface area (Å²) in [5.74, 6) is 0.675. The first-order chi connectivity index (χ1) is 19.8. The maximum absolute atomic E-state index is 3.67. The van der Waals surface area contributed by atoms with Gasteiger partial charge in [-0.15, -0.1) is 11.1 Å². The van der Waals surface area contributed by atoms with E-state index in [0.717, 1.165) is 6.42 Å². The second-order valence-electron chi connectivity index (χ2n) is 15.7. The third-order valence-electron chi connectivity index (χ3n) is 8.31. The van der Waals surface area contributed by atoms with Crippen molar-refractivity contribution in [3.05, 3.63) is 123 Å². The molecule has 0 radical (unpaired) electrons. The van der Waals surface area contributed by atoms with Gasteiger partial charge in [0.25, 0.3) is 0 Å². The monoisotopic (exact) mass is 718 g/mol. The van der Waals surface area contributed by atoms with Crippen LogP contribution in [0, 0.1) is 19.9 Å². The maximum atomic E-state index is 3.67. The zero-order chi connectivity index (χ0) is 32.3. The van der Waals surface area contributed by atoms with E-state index in [4.69, 9.17) is 0 Å². The molecule has 0 heterocycles. The van der Waals surface area contributed by atoms with E-state index in [2.05, 4.69) is 167 Å². The Bertz CT molecular complexity index is 1470. The van der Waals surface area contributed by atoms with Crippen molar-refractivity contribution in [2.24, 2.45) is 0 Å². The molecule has 0 spiro atoms. The molecule has 0 atom stereocenters. The van der Waals surface area contributed by atoms with Gasteiger partial charge in [-0.1, -0.05) is 98.9 Å². The molecule has 0 N–H and O–H groups in total. The summed E-state index contributed by atoms with van der Waals surface area (Å²) >= 11 is 1.46. The van der Waals surface area contributed by atoms with E-state index >= 15 is 0 Å². The number of hydrogen-bond donors (Lipinski definition) is 0. The Morgan fingerprint density at radius 1 is 0.711 bits per heavy atom. The van der Waals surface area contributed by atoms with E-state index < -0.39 is 0 Å². The molecule has 0 unspecified atom stereocenters. The summed E-state index contributed by atoms with van der Waals surface area (Å²) in [5, 5.41) is 0. The van der Waals surface area contributed by atoms with Crippen molar-refractivity contribution in [3.63, 3.8) is 0 Å². The number of rotatable bonds is 2. The summed E-state index contributed by atoms with van der Waals surface area (Å²) in [4.78, 5) is 0. The van der Waals surface area contributed by atoms with Gasteiger partial charge in [-0.2, -0.15) is 46.5 Å². The van der Waals surface area contributed by atoms with Crippen LogP contribution in [0.5, 0.6) is 0 Å². The first-order valence-corrected chi connectivity index (χ1v) is 17.3. The number of halogens is 2. The Labute approximate surface area is 303 Å². The Balaban J connectivity index is 0.000000362. The second kappa shape index (κ2) is 16.4. The van der Waals surface area contributed by atoms with Gasteiger partial charge >= 0.3 is 89.5 Å². The normalized spacial score (nSPS) is 12.0. The molecule has 0 fully saturated rings. The topological polar surface area (TPSA) is 0 Å². The van der Waals surface area contributed by atoms with Crippen molar-refractivity contribution < 1.29 is 49.0 Å². The van der Waals surface area contributed by atoms with E-state index in [9.17, 15) is 0 Å². The smallest absolute Gasteiger partial charge is 0.0632 e. The number of hydrogen-bond acceptors (Lipinski definition) is 0. The summed E-state index contributed by atoms with van der Waals surface area (Å²) < 4.78 is 2.21. The van der Waals surface area contributed by atoms with Gasteiger partial charge in [0.05, 0.1) is 0 Å². The average molecular weight is 721 g/mol. The molecular weight excluding hydrogens is 667 g/mol. The van der Waals surface area contributed by atoms with E-state index in [1.807, 2.05) is 0 Å². The van der Waals surface area contributed by atoms with Gasteiger partial charge in [-0.25, -0.2) is 6.07 Å². The van der Waals surface area contributed by atoms with Crippen molar-refractivity contribution in [2.45, 2.75) is 119 Å². The molecule has 0 saturated heterocycles. The number of aryl methyl sites for hydroxylation is 2. The van der Waals surface area contributed by atoms with Crippen molar-refractivity contribution >= 4 is 3.71 Å². The average Bonchev–Trinajstić information content (AvgIpc) is 3.45. The van der Waals surface area contributed by atoms with Crippen LogP contribution in [0.15, 0.2) is 66.7 Å². The van der Waals surface area contributed by atoms with Gasteiger partial charge in [0.15, 0.2) is 0 Å². The van der Waals surface area contributed by atoms with Gasteiger partial charge < -0.3 is 24.8 Å². The van der Waals surface area contributed by atoms with E-state index in [0.29, 0.717) is 5.92 Å². The summed E-state index contributed by atoms with van der Waals surface area (Å²) in [6.45, 7) is 29.1. The molecule has 1 aliphatic carbocycles. The molecule has 5 rings (SSSR count). The number of benzene rings is 3. The van der Waals surface area contributed by atoms with Gasteiger partial charge in [0.2, 0.25) is 0 Å². The van der Waals surface area contributed by atoms with Gasteiger partial charge in [-0.05, 0) is 28.4 Å². The fraction of sp³-hybridized carbons (Fsp3) is 0.429. The van der Waals surface area contributed by atoms with Crippen LogP contribution in [0.3, 0.4) is 0 Å². The van der Waals surface area contributed by atoms with Crippen LogP contribution < -0.4 is 24.8 Å². The predicted octanol–water partition coefficient (Wildman–Crippen LogP) is 5.49. The van der Waals surface area contributed by atoms with Crippen LogP contribution in [0.1, 0.15) is 132 Å². The minimum absolute atomic E-state index is 0. The van der Waals surface area contributed by atoms with Crippen molar-refractivity contribution in [2.75, 3.05) is 0 Å². The zero-order valence-corrected chi connectivity index (χ0v) is 33.9. The summed E-state index contributed by atoms with van der Waals surface area (Å²) in [6, 6.07) is 28.5. The molecular formula is C42H54Cl2Zr-2. The molecule has 1 aliphatic rings. The Kier molecular flexibility index (Phi) is 15.1. The molecule has 4 aromatic rings. The Morgan fingerprint density at radius 2 is 1.24 bits per heavy atom. The Morgan fingerprint density at radius 3 is 1.67 bits per heavy atom. The molecule has 4 aromatic carbocycles. The van der Waals surface area contributed by atoms with E-state index in [1.165, 1.54) is 85.4 Å². The van der Waals surface area contributed by atoms with Crippen LogP contribution in [-0.4, -0.2) is 3.71 Å². The SMILES string of the molecule is CC(C)(C)c1[c-]c2c(cc1)-c1ccc(C(C)(C)C)cc1C2.CC(C)(C)c1ccc([CH]=[Zr+2])cc1.Cc1cc(C(C)C)c(C)[cH-]1.[Cl-].[Cl-]. The Hall–Kier alpha value is -1.66. The predicted molar refractivity (Wildman–Crippen MR) is 187 cm³/mol. The van der Waals surface area contributed by atoms with Gasteiger partial charge in [0, 0.05) is 0 Å². The third kappa shape index (κ3) is 11.2. The molecule has 0 aromatic heterocycles. The standard InChI is InChI=1S/C21H25.C11H14.C10H15.2ClH.Zr/c1-20(2,3)16-7-9-18-14(12-16)11-15-13-17(21(4,5)6)8-10-19(15)18;1-9-5-7-10(8-6-9)11(2,3)4;1-7(2)10-6-8(3)5-9(10)4;;;/h7-10,12H,11H2,1-6H3;1,5-8H,2-4H3;5-7H,1-4H3;2*1H;/q-1;;-1;;;+2/p-2. The van der Waals surface area contributed by atoms with Crippen LogP contribution in [0.4, 0.5) is 0 Å². The quantitative estimate of drug-likeness (QED) is 0.212. The van der Waals surface area contributed by atoms with E-state index in [-0.39, 0.29) is 41.1 Å². The molecule has 0 saturated carbocycles. The minimum atomic E-state index is 0. The van der Waals surface area contributed by atoms with Crippen LogP contribution in [0.25, 0.3) is 11.1 Å². The fourth-order valence-corrected chi connectivity index (χ4v) is 6.03. The fourth-order valence-electron chi connectivity index (χ4n) is 5.55. The summed E-state index contributed by atoms with van der Waals surface area (Å²) in [7, 11) is 0. The first kappa shape index (κ1) is 41.4. The van der Waals surface area contributed by atoms with Gasteiger partial charge in [0.1, 0.15) is 0 Å². The van der Waals surface area contributed by atoms with E-state index in [1.54, 1.807) is 0 Å². The largest absolute Gasteiger partial charge is 1.00 e. The molecule has 0 amide bonds. The molecule has 0 nitrogen and oxygen atoms in total. The molecule has 242 valence electrons. The van der Waals surface area contributed by atoms with Crippen LogP contribution >= 0.6 is 0 Å². The minimum Gasteiger partial charge on any atom is -1.00 e. The van der Waals surface area contributed by atoms with Crippen LogP contribution in [-0.2, 0) is 46.9 Å². The summed E-state index contributed by atoms with van der Waals surface area (Å²) in [6.07, 6.45) is 1.03. The second-order valence-corrected chi connectivity index (χ2v) is 16.4. The zero-order valence-electron chi connectivity index (χ0n) is 30.0. The van der Waals surface area contributed by atoms with Gasteiger partial charge in [-0.3, -0.25) is 0 Å². The van der Waals surface area contributed by atoms with Crippen LogP contribution in [0.2, 0.25) is 0 Å². The number of fused-ring (bicyclic) bond motifs is 3. The molecule has 45 heavy (non-hydrogen) atoms. The van der Waals surface area contributed by atoms with Crippen molar-refractivity contribution in [1.82, 2.24) is 0 Å². The third-order valence-corrected chi connectivity index (χ3v) is 9.13. The molecule has 3 heteroatoms.